The second-order valence-electron chi connectivity index (χ2n) is 9.27. The van der Waals surface area contributed by atoms with Gasteiger partial charge in [-0.15, -0.1) is 0 Å². The van der Waals surface area contributed by atoms with Gasteiger partial charge in [0.25, 0.3) is 0 Å². The quantitative estimate of drug-likeness (QED) is 0.881. The van der Waals surface area contributed by atoms with Gasteiger partial charge in [-0.1, -0.05) is 30.3 Å². The summed E-state index contributed by atoms with van der Waals surface area (Å²) < 4.78 is 2.13. The van der Waals surface area contributed by atoms with Crippen LogP contribution in [0, 0.1) is 0 Å². The molecule has 4 rings (SSSR count). The van der Waals surface area contributed by atoms with Crippen molar-refractivity contribution in [3.05, 3.63) is 53.3 Å². The monoisotopic (exact) mass is 380 g/mol. The summed E-state index contributed by atoms with van der Waals surface area (Å²) in [5.41, 5.74) is 3.85. The molecule has 0 bridgehead atoms. The molecule has 1 aliphatic heterocycles. The van der Waals surface area contributed by atoms with E-state index in [2.05, 4.69) is 71.1 Å². The highest BCUT2D eigenvalue weighted by molar-refractivity contribution is 5.78. The predicted octanol–water partition coefficient (Wildman–Crippen LogP) is 3.62. The van der Waals surface area contributed by atoms with Gasteiger partial charge in [-0.3, -0.25) is 14.4 Å². The lowest BCUT2D eigenvalue weighted by atomic mass is 9.92. The third kappa shape index (κ3) is 4.00. The molecule has 1 amide bonds. The zero-order valence-corrected chi connectivity index (χ0v) is 17.3. The van der Waals surface area contributed by atoms with Crippen LogP contribution in [0.4, 0.5) is 0 Å². The smallest absolute Gasteiger partial charge is 0.234 e. The number of hydrogen-bond donors (Lipinski definition) is 1. The fourth-order valence-electron chi connectivity index (χ4n) is 4.70. The number of benzene rings is 1. The van der Waals surface area contributed by atoms with Crippen LogP contribution < -0.4 is 5.32 Å². The SMILES string of the molecule is CC(C)(C)n1ncc2c1CCC[C@@H]2NC(=O)CN1CC[C@@H](c2ccccc2)C1. The minimum Gasteiger partial charge on any atom is -0.348 e. The van der Waals surface area contributed by atoms with Crippen LogP contribution in [0.15, 0.2) is 36.5 Å². The zero-order valence-electron chi connectivity index (χ0n) is 17.3. The predicted molar refractivity (Wildman–Crippen MR) is 111 cm³/mol. The Balaban J connectivity index is 1.36. The van der Waals surface area contributed by atoms with Gasteiger partial charge in [0.2, 0.25) is 5.91 Å². The molecule has 1 fully saturated rings. The van der Waals surface area contributed by atoms with Gasteiger partial charge < -0.3 is 5.32 Å². The Hall–Kier alpha value is -2.14. The number of fused-ring (bicyclic) bond motifs is 1. The van der Waals surface area contributed by atoms with E-state index in [1.165, 1.54) is 16.8 Å². The topological polar surface area (TPSA) is 50.2 Å². The average molecular weight is 381 g/mol. The summed E-state index contributed by atoms with van der Waals surface area (Å²) in [6.45, 7) is 8.99. The van der Waals surface area contributed by atoms with Crippen molar-refractivity contribution in [2.24, 2.45) is 0 Å². The summed E-state index contributed by atoms with van der Waals surface area (Å²) >= 11 is 0. The van der Waals surface area contributed by atoms with Gasteiger partial charge in [0.1, 0.15) is 0 Å². The fourth-order valence-corrected chi connectivity index (χ4v) is 4.70. The number of amides is 1. The van der Waals surface area contributed by atoms with Gasteiger partial charge in [-0.25, -0.2) is 0 Å². The molecule has 0 saturated carbocycles. The summed E-state index contributed by atoms with van der Waals surface area (Å²) in [6, 6.07) is 10.8. The Morgan fingerprint density at radius 1 is 1.21 bits per heavy atom. The first-order valence-corrected chi connectivity index (χ1v) is 10.6. The number of nitrogens with one attached hydrogen (secondary N) is 1. The van der Waals surface area contributed by atoms with Crippen molar-refractivity contribution >= 4 is 5.91 Å². The summed E-state index contributed by atoms with van der Waals surface area (Å²) in [4.78, 5) is 15.0. The minimum atomic E-state index is -0.0263. The van der Waals surface area contributed by atoms with Crippen molar-refractivity contribution in [2.45, 2.75) is 64.0 Å². The molecule has 2 aliphatic rings. The number of aromatic nitrogens is 2. The van der Waals surface area contributed by atoms with Crippen LogP contribution >= 0.6 is 0 Å². The van der Waals surface area contributed by atoms with Gasteiger partial charge in [0.15, 0.2) is 0 Å². The van der Waals surface area contributed by atoms with Crippen molar-refractivity contribution in [2.75, 3.05) is 19.6 Å². The maximum atomic E-state index is 12.7. The molecular weight excluding hydrogens is 348 g/mol. The average Bonchev–Trinajstić information content (AvgIpc) is 3.29. The van der Waals surface area contributed by atoms with E-state index in [1.807, 2.05) is 6.20 Å². The first-order valence-electron chi connectivity index (χ1n) is 10.6. The van der Waals surface area contributed by atoms with E-state index in [4.69, 9.17) is 0 Å². The molecule has 1 N–H and O–H groups in total. The lowest BCUT2D eigenvalue weighted by Crippen LogP contribution is -2.39. The van der Waals surface area contributed by atoms with Crippen LogP contribution in [0.25, 0.3) is 0 Å². The Morgan fingerprint density at radius 3 is 2.75 bits per heavy atom. The summed E-state index contributed by atoms with van der Waals surface area (Å²) in [6.07, 6.45) is 6.24. The Bertz CT molecular complexity index is 821. The number of carbonyl (C=O) groups is 1. The van der Waals surface area contributed by atoms with E-state index in [-0.39, 0.29) is 17.5 Å². The summed E-state index contributed by atoms with van der Waals surface area (Å²) in [5, 5.41) is 7.92. The third-order valence-electron chi connectivity index (χ3n) is 6.06. The lowest BCUT2D eigenvalue weighted by molar-refractivity contribution is -0.122. The zero-order chi connectivity index (χ0) is 19.7. The summed E-state index contributed by atoms with van der Waals surface area (Å²) in [5.74, 6) is 0.676. The van der Waals surface area contributed by atoms with E-state index in [0.717, 1.165) is 38.8 Å². The van der Waals surface area contributed by atoms with Crippen molar-refractivity contribution in [3.8, 4) is 0 Å². The second kappa shape index (κ2) is 7.70. The lowest BCUT2D eigenvalue weighted by Gasteiger charge is -2.28. The standard InChI is InChI=1S/C23H32N4O/c1-23(2,3)27-21-11-7-10-20(19(21)14-24-27)25-22(28)16-26-13-12-18(15-26)17-8-5-4-6-9-17/h4-6,8-9,14,18,20H,7,10-13,15-16H2,1-3H3,(H,25,28)/t18-,20+/m1/s1. The van der Waals surface area contributed by atoms with Crippen LogP contribution in [0.3, 0.4) is 0 Å². The van der Waals surface area contributed by atoms with Crippen LogP contribution in [0.1, 0.15) is 68.8 Å². The normalized spacial score (nSPS) is 22.8. The van der Waals surface area contributed by atoms with E-state index in [1.54, 1.807) is 0 Å². The van der Waals surface area contributed by atoms with Gasteiger partial charge in [-0.05, 0) is 64.5 Å². The van der Waals surface area contributed by atoms with E-state index >= 15 is 0 Å². The molecule has 1 aromatic heterocycles. The van der Waals surface area contributed by atoms with Crippen LogP contribution in [-0.2, 0) is 16.8 Å². The molecule has 28 heavy (non-hydrogen) atoms. The molecule has 5 nitrogen and oxygen atoms in total. The van der Waals surface area contributed by atoms with Crippen LogP contribution in [0.5, 0.6) is 0 Å². The summed E-state index contributed by atoms with van der Waals surface area (Å²) in [7, 11) is 0. The molecule has 0 radical (unpaired) electrons. The molecule has 2 aromatic rings. The Kier molecular flexibility index (Phi) is 5.28. The Labute approximate surface area is 168 Å². The van der Waals surface area contributed by atoms with Crippen molar-refractivity contribution < 1.29 is 4.79 Å². The molecule has 1 aromatic carbocycles. The minimum absolute atomic E-state index is 0.0263. The van der Waals surface area contributed by atoms with E-state index in [9.17, 15) is 4.79 Å². The maximum absolute atomic E-state index is 12.7. The molecule has 1 aliphatic carbocycles. The fraction of sp³-hybridized carbons (Fsp3) is 0.565. The molecule has 0 spiro atoms. The van der Waals surface area contributed by atoms with Crippen molar-refractivity contribution in [1.29, 1.82) is 0 Å². The third-order valence-corrected chi connectivity index (χ3v) is 6.06. The number of nitrogens with zero attached hydrogens (tertiary/aromatic N) is 3. The highest BCUT2D eigenvalue weighted by Gasteiger charge is 2.30. The van der Waals surface area contributed by atoms with Gasteiger partial charge >= 0.3 is 0 Å². The first kappa shape index (κ1) is 19.2. The van der Waals surface area contributed by atoms with Gasteiger partial charge in [-0.2, -0.15) is 5.10 Å². The second-order valence-corrected chi connectivity index (χ2v) is 9.27. The molecule has 1 saturated heterocycles. The molecule has 0 unspecified atom stereocenters. The van der Waals surface area contributed by atoms with E-state index < -0.39 is 0 Å². The molecule has 5 heteroatoms. The first-order chi connectivity index (χ1) is 13.4. The van der Waals surface area contributed by atoms with E-state index in [0.29, 0.717) is 12.5 Å². The number of likely N-dealkylation sites (tertiary alicyclic amines) is 1. The number of carbonyl (C=O) groups excluding carboxylic acids is 1. The molecule has 2 atom stereocenters. The van der Waals surface area contributed by atoms with Crippen molar-refractivity contribution in [1.82, 2.24) is 20.0 Å². The highest BCUT2D eigenvalue weighted by atomic mass is 16.2. The van der Waals surface area contributed by atoms with Crippen LogP contribution in [0.2, 0.25) is 0 Å². The van der Waals surface area contributed by atoms with Gasteiger partial charge in [0, 0.05) is 17.8 Å². The van der Waals surface area contributed by atoms with Gasteiger partial charge in [0.05, 0.1) is 24.3 Å². The highest BCUT2D eigenvalue weighted by Crippen LogP contribution is 2.32. The number of hydrogen-bond acceptors (Lipinski definition) is 3. The van der Waals surface area contributed by atoms with Crippen LogP contribution in [-0.4, -0.2) is 40.2 Å². The number of rotatable bonds is 4. The Morgan fingerprint density at radius 2 is 2.00 bits per heavy atom. The van der Waals surface area contributed by atoms with Crippen molar-refractivity contribution in [3.63, 3.8) is 0 Å². The molecular formula is C23H32N4O. The maximum Gasteiger partial charge on any atom is 0.234 e. The largest absolute Gasteiger partial charge is 0.348 e. The molecule has 2 heterocycles. The molecule has 150 valence electrons.